The van der Waals surface area contributed by atoms with Gasteiger partial charge in [-0.15, -0.1) is 107 Å². The minimum Gasteiger partial charge on any atom is -0.509 e. The summed E-state index contributed by atoms with van der Waals surface area (Å²) in [6.45, 7) is 86.3. The Kier molecular flexibility index (Phi) is 25.9. The molecule has 14 rings (SSSR count). The number of allylic oxidation sites excluding steroid dienone is 2. The molecule has 12 aromatic rings. The van der Waals surface area contributed by atoms with Crippen molar-refractivity contribution < 1.29 is 51.6 Å². The first-order valence-electron chi connectivity index (χ1n) is 44.1. The molecule has 0 aliphatic carbocycles. The van der Waals surface area contributed by atoms with E-state index in [1.54, 1.807) is 0 Å². The van der Waals surface area contributed by atoms with E-state index in [1.165, 1.54) is 72.7 Å². The van der Waals surface area contributed by atoms with Gasteiger partial charge in [0, 0.05) is 122 Å². The van der Waals surface area contributed by atoms with Crippen LogP contribution in [0.15, 0.2) is 182 Å². The molecule has 0 unspecified atom stereocenters. The van der Waals surface area contributed by atoms with E-state index in [-0.39, 0.29) is 107 Å². The maximum atomic E-state index is 6.86. The molecule has 0 saturated carbocycles. The summed E-state index contributed by atoms with van der Waals surface area (Å²) < 4.78 is 18.2. The molecule has 0 atom stereocenters. The summed E-state index contributed by atoms with van der Waals surface area (Å²) in [5.41, 5.74) is 22.6. The molecule has 0 spiro atoms. The second-order valence-corrected chi connectivity index (χ2v) is 46.9. The van der Waals surface area contributed by atoms with Crippen molar-refractivity contribution in [2.75, 3.05) is 19.6 Å². The van der Waals surface area contributed by atoms with Gasteiger partial charge in [0.15, 0.2) is 0 Å². The zero-order valence-corrected chi connectivity index (χ0v) is 85.9. The third kappa shape index (κ3) is 20.6. The summed E-state index contributed by atoms with van der Waals surface area (Å²) in [6, 6.07) is 68.6. The van der Waals surface area contributed by atoms with Gasteiger partial charge in [-0.25, -0.2) is 9.97 Å². The van der Waals surface area contributed by atoms with Crippen LogP contribution in [0.3, 0.4) is 0 Å². The minimum absolute atomic E-state index is 0. The van der Waals surface area contributed by atoms with Crippen LogP contribution >= 0.6 is 0 Å². The second kappa shape index (κ2) is 33.5. The van der Waals surface area contributed by atoms with Crippen molar-refractivity contribution in [1.29, 1.82) is 0 Å². The molecular formula is C112H138N8O2Pt2-6. The number of fused-ring (bicyclic) bond motifs is 6. The van der Waals surface area contributed by atoms with Gasteiger partial charge in [-0.1, -0.05) is 297 Å². The largest absolute Gasteiger partial charge is 0.509 e. The first-order chi connectivity index (χ1) is 56.0. The molecule has 12 heteroatoms. The zero-order chi connectivity index (χ0) is 89.7. The van der Waals surface area contributed by atoms with Crippen molar-refractivity contribution in [3.8, 4) is 34.6 Å². The summed E-state index contributed by atoms with van der Waals surface area (Å²) >= 11 is 0. The van der Waals surface area contributed by atoms with E-state index in [9.17, 15) is 0 Å². The fourth-order valence-electron chi connectivity index (χ4n) is 15.8. The van der Waals surface area contributed by atoms with Gasteiger partial charge in [-0.2, -0.15) is 12.1 Å². The zero-order valence-electron chi connectivity index (χ0n) is 81.3. The second-order valence-electron chi connectivity index (χ2n) is 46.9. The van der Waals surface area contributed by atoms with E-state index in [0.717, 1.165) is 72.4 Å². The smallest absolute Gasteiger partial charge is 0.135 e. The van der Waals surface area contributed by atoms with Crippen LogP contribution in [0.4, 0.5) is 22.7 Å². The van der Waals surface area contributed by atoms with Gasteiger partial charge >= 0.3 is 0 Å². The number of hydrogen-bond donors (Lipinski definition) is 0. The molecule has 664 valence electrons. The predicted molar refractivity (Wildman–Crippen MR) is 519 cm³/mol. The van der Waals surface area contributed by atoms with Crippen LogP contribution < -0.4 is 29.1 Å². The number of pyridine rings is 2. The van der Waals surface area contributed by atoms with Crippen LogP contribution in [-0.2, 0) is 96.3 Å². The maximum absolute atomic E-state index is 6.86. The fraction of sp³-hybridized carbons (Fsp3) is 0.429. The van der Waals surface area contributed by atoms with Crippen LogP contribution in [-0.4, -0.2) is 19.1 Å². The number of hydrogen-bond acceptors (Lipinski definition) is 8. The summed E-state index contributed by atoms with van der Waals surface area (Å²) in [6.07, 6.45) is 8.39. The van der Waals surface area contributed by atoms with E-state index < -0.39 is 0 Å². The van der Waals surface area contributed by atoms with Crippen molar-refractivity contribution in [3.63, 3.8) is 0 Å². The Bertz CT molecular complexity index is 5800. The van der Waals surface area contributed by atoms with Crippen LogP contribution in [0.1, 0.15) is 305 Å². The molecule has 0 bridgehead atoms. The summed E-state index contributed by atoms with van der Waals surface area (Å²) in [7, 11) is 0. The molecule has 0 fully saturated rings. The van der Waals surface area contributed by atoms with Gasteiger partial charge in [0.05, 0.1) is 0 Å². The average Bonchev–Trinajstić information content (AvgIpc) is 1.62. The Balaban J connectivity index is 0.000000238. The van der Waals surface area contributed by atoms with Crippen LogP contribution in [0.5, 0.6) is 23.0 Å². The molecule has 2 aliphatic rings. The van der Waals surface area contributed by atoms with Gasteiger partial charge in [0.2, 0.25) is 0 Å². The summed E-state index contributed by atoms with van der Waals surface area (Å²) in [4.78, 5) is 19.1. The van der Waals surface area contributed by atoms with E-state index in [0.29, 0.717) is 23.0 Å². The SMILES string of the molecule is CC(C)(C)C1=CN(c2[c-]c(Oc3[c-]c4c(cc3)c3cc(C(C)(C)C)ccc3n4-c3cc(C(C)(C)C)ccn3)cc(C(C)(C)C)c2)[CH-]N1c1cc(C(C)(C)C)cc(C(C)(C)C)c1.CC(C)(C)C1=CN(c2[c-]c(Oc3[c-]c4c(cc3)c3ccc(C(C)(C)C)cc3n4-c3cc(C(C)(C)C)ccn3)cc(C(C)(C)C)c2)[CH-]N1c1cc(C(C)(C)C)cc(C(C)(C)C)c1.[Pt].[Pt]. The van der Waals surface area contributed by atoms with E-state index in [1.807, 2.05) is 24.5 Å². The summed E-state index contributed by atoms with van der Waals surface area (Å²) in [5, 5.41) is 4.56. The fourth-order valence-corrected chi connectivity index (χ4v) is 15.8. The van der Waals surface area contributed by atoms with E-state index >= 15 is 0 Å². The van der Waals surface area contributed by atoms with Gasteiger partial charge in [-0.05, 0) is 182 Å². The topological polar surface area (TPSA) is 67.1 Å². The number of nitrogens with zero attached hydrogens (tertiary/aromatic N) is 8. The molecule has 6 heterocycles. The maximum Gasteiger partial charge on any atom is 0.135 e. The third-order valence-electron chi connectivity index (χ3n) is 24.0. The standard InChI is InChI=1S/2C56H69N4O.2Pt/c1-51(2,3)36-19-22-47-46(30-36)45-21-20-43(33-48(45)60(47)50-31-37(23-24-57-50)52(4,5)6)61-44-29-40(55(13,14)15)26-41(32-44)58-34-49(56(16,17)18)59(35-58)42-27-38(53(7,8)9)25-39(28-42)54(10,11)12;1-51(2,3)36-19-21-45-46-22-20-43(33-48(46)60(47(45)30-36)50-31-37(23-24-57-50)52(4,5)6)61-44-29-40(55(13,14)15)26-41(32-44)58-34-49(56(16,17)18)59(35-58)42-27-38(53(7,8)9)25-39(28-42)54(10,11)12;;/h2*19-31,34-35H,1-18H3;;/q2*-3;;. The minimum atomic E-state index is -0.144. The Morgan fingerprint density at radius 2 is 0.565 bits per heavy atom. The first-order valence-corrected chi connectivity index (χ1v) is 44.1. The number of anilines is 4. The van der Waals surface area contributed by atoms with Gasteiger partial charge in [0.1, 0.15) is 11.6 Å². The Labute approximate surface area is 774 Å². The molecule has 4 aromatic heterocycles. The van der Waals surface area contributed by atoms with E-state index in [2.05, 4.69) is 461 Å². The van der Waals surface area contributed by atoms with Crippen molar-refractivity contribution in [1.82, 2.24) is 19.1 Å². The van der Waals surface area contributed by atoms with E-state index in [4.69, 9.17) is 19.4 Å². The van der Waals surface area contributed by atoms with Gasteiger partial charge < -0.3 is 38.2 Å². The van der Waals surface area contributed by atoms with Crippen LogP contribution in [0, 0.1) is 48.4 Å². The molecule has 124 heavy (non-hydrogen) atoms. The number of ether oxygens (including phenoxy) is 2. The molecule has 2 aliphatic heterocycles. The third-order valence-corrected chi connectivity index (χ3v) is 24.0. The monoisotopic (exact) mass is 2020 g/mol. The molecule has 10 nitrogen and oxygen atoms in total. The molecule has 0 saturated heterocycles. The number of rotatable bonds is 10. The van der Waals surface area contributed by atoms with Crippen LogP contribution in [0.2, 0.25) is 0 Å². The van der Waals surface area contributed by atoms with Crippen molar-refractivity contribution >= 4 is 66.4 Å². The van der Waals surface area contributed by atoms with Gasteiger partial charge in [-0.3, -0.25) is 0 Å². The molecule has 0 N–H and O–H groups in total. The average molecular weight is 2020 g/mol. The predicted octanol–water partition coefficient (Wildman–Crippen LogP) is 30.8. The Morgan fingerprint density at radius 3 is 0.911 bits per heavy atom. The number of aromatic nitrogens is 4. The molecule has 8 aromatic carbocycles. The molecule has 0 radical (unpaired) electrons. The van der Waals surface area contributed by atoms with Gasteiger partial charge in [0.25, 0.3) is 0 Å². The molecular weight excluding hydrogens is 1880 g/mol. The van der Waals surface area contributed by atoms with Crippen molar-refractivity contribution in [3.05, 3.63) is 275 Å². The quantitative estimate of drug-likeness (QED) is 0.126. The first kappa shape index (κ1) is 96.0. The normalized spacial score (nSPS) is 14.5. The van der Waals surface area contributed by atoms with Crippen molar-refractivity contribution in [2.45, 2.75) is 303 Å². The summed E-state index contributed by atoms with van der Waals surface area (Å²) in [5.74, 6) is 4.27. The molecule has 0 amide bonds. The number of benzene rings is 8. The van der Waals surface area contributed by atoms with Crippen molar-refractivity contribution in [2.24, 2.45) is 10.8 Å². The Hall–Kier alpha value is -8.68. The van der Waals surface area contributed by atoms with Crippen LogP contribution in [0.25, 0.3) is 55.2 Å². The Morgan fingerprint density at radius 1 is 0.258 bits per heavy atom.